The Labute approximate surface area is 73.7 Å². The molecule has 0 spiro atoms. The topological polar surface area (TPSA) is 21.8 Å². The number of hydrogen-bond donors (Lipinski definition) is 0. The lowest BCUT2D eigenvalue weighted by atomic mass is 10.3. The number of alkyl halides is 2. The zero-order chi connectivity index (χ0) is 9.03. The van der Waals surface area contributed by atoms with Crippen LogP contribution in [0.15, 0.2) is 0 Å². The van der Waals surface area contributed by atoms with Gasteiger partial charge in [0, 0.05) is 13.0 Å². The highest BCUT2D eigenvalue weighted by Crippen LogP contribution is 2.15. The molecular weight excluding hydrogens is 182 g/mol. The number of ether oxygens (including phenoxy) is 2. The van der Waals surface area contributed by atoms with Gasteiger partial charge in [-0.25, -0.2) is 8.78 Å². The second-order valence-corrected chi connectivity index (χ2v) is 4.67. The summed E-state index contributed by atoms with van der Waals surface area (Å²) >= 11 is 0. The summed E-state index contributed by atoms with van der Waals surface area (Å²) in [5.41, 5.74) is -2.42. The summed E-state index contributed by atoms with van der Waals surface area (Å²) in [6, 6.07) is 0. The third-order valence-corrected chi connectivity index (χ3v) is 2.11. The first-order chi connectivity index (χ1) is 5.58. The minimum absolute atomic E-state index is 0.0370. The van der Waals surface area contributed by atoms with Crippen molar-refractivity contribution in [3.05, 3.63) is 0 Å². The molecule has 0 N–H and O–H groups in total. The molecule has 1 saturated heterocycles. The van der Waals surface area contributed by atoms with Gasteiger partial charge in [0.2, 0.25) is 5.55 Å². The Morgan fingerprint density at radius 1 is 1.58 bits per heavy atom. The molecule has 1 heterocycles. The van der Waals surface area contributed by atoms with Crippen molar-refractivity contribution in [2.75, 3.05) is 19.8 Å². The van der Waals surface area contributed by atoms with E-state index >= 15 is 0 Å². The van der Waals surface area contributed by atoms with E-state index in [1.54, 1.807) is 0 Å². The summed E-state index contributed by atoms with van der Waals surface area (Å²) in [7, 11) is -0.0582. The standard InChI is InChI=1S/C7H14F2O2Si/c8-7(9,12)2-1-3-10-4-6-5-11-6/h6H,1-5H2,12H3. The Bertz CT molecular complexity index is 134. The summed E-state index contributed by atoms with van der Waals surface area (Å²) in [5.74, 6) is 0. The van der Waals surface area contributed by atoms with Crippen LogP contribution < -0.4 is 0 Å². The van der Waals surface area contributed by atoms with Crippen molar-refractivity contribution in [1.82, 2.24) is 0 Å². The van der Waals surface area contributed by atoms with Crippen LogP contribution in [0.5, 0.6) is 0 Å². The highest BCUT2D eigenvalue weighted by atomic mass is 28.1. The third-order valence-electron chi connectivity index (χ3n) is 1.61. The number of rotatable bonds is 6. The molecule has 1 aliphatic rings. The van der Waals surface area contributed by atoms with Crippen molar-refractivity contribution in [2.45, 2.75) is 24.5 Å². The average Bonchev–Trinajstić information content (AvgIpc) is 2.68. The molecule has 1 aliphatic heterocycles. The van der Waals surface area contributed by atoms with Gasteiger partial charge in [-0.15, -0.1) is 0 Å². The van der Waals surface area contributed by atoms with E-state index in [4.69, 9.17) is 9.47 Å². The summed E-state index contributed by atoms with van der Waals surface area (Å²) in [6.07, 6.45) is 0.648. The molecule has 1 rings (SSSR count). The monoisotopic (exact) mass is 196 g/mol. The maximum Gasteiger partial charge on any atom is 0.220 e. The van der Waals surface area contributed by atoms with E-state index in [2.05, 4.69) is 0 Å². The van der Waals surface area contributed by atoms with Gasteiger partial charge >= 0.3 is 0 Å². The molecule has 0 aromatic heterocycles. The Balaban J connectivity index is 1.82. The Morgan fingerprint density at radius 2 is 2.25 bits per heavy atom. The highest BCUT2D eigenvalue weighted by molar-refractivity contribution is 6.13. The van der Waals surface area contributed by atoms with Gasteiger partial charge in [-0.3, -0.25) is 0 Å². The first kappa shape index (κ1) is 10.1. The van der Waals surface area contributed by atoms with Crippen molar-refractivity contribution in [3.8, 4) is 0 Å². The molecule has 0 amide bonds. The average molecular weight is 196 g/mol. The number of hydrogen-bond acceptors (Lipinski definition) is 2. The highest BCUT2D eigenvalue weighted by Gasteiger charge is 2.23. The fourth-order valence-corrected chi connectivity index (χ4v) is 1.22. The van der Waals surface area contributed by atoms with Gasteiger partial charge in [0.15, 0.2) is 0 Å². The minimum atomic E-state index is -2.42. The van der Waals surface area contributed by atoms with Crippen LogP contribution in [0.2, 0.25) is 0 Å². The molecule has 1 unspecified atom stereocenters. The molecule has 1 fully saturated rings. The SMILES string of the molecule is FC(F)([SiH3])CCCOCC1CO1. The van der Waals surface area contributed by atoms with Gasteiger partial charge in [-0.1, -0.05) is 0 Å². The van der Waals surface area contributed by atoms with Crippen LogP contribution in [0, 0.1) is 0 Å². The fourth-order valence-electron chi connectivity index (χ4n) is 0.864. The predicted molar refractivity (Wildman–Crippen MR) is 44.7 cm³/mol. The molecule has 0 saturated carbocycles. The van der Waals surface area contributed by atoms with Gasteiger partial charge in [0.25, 0.3) is 0 Å². The molecule has 12 heavy (non-hydrogen) atoms. The van der Waals surface area contributed by atoms with Gasteiger partial charge in [0.1, 0.15) is 6.10 Å². The smallest absolute Gasteiger partial charge is 0.220 e. The van der Waals surface area contributed by atoms with Gasteiger partial charge in [-0.05, 0) is 6.42 Å². The molecule has 0 bridgehead atoms. The van der Waals surface area contributed by atoms with Crippen LogP contribution in [0.4, 0.5) is 8.78 Å². The van der Waals surface area contributed by atoms with Crippen LogP contribution in [-0.4, -0.2) is 41.7 Å². The number of halogens is 2. The molecule has 72 valence electrons. The molecule has 5 heteroatoms. The normalized spacial score (nSPS) is 23.0. The largest absolute Gasteiger partial charge is 0.379 e. The fraction of sp³-hybridized carbons (Fsp3) is 1.00. The Hall–Kier alpha value is -0.00312. The van der Waals surface area contributed by atoms with Crippen molar-refractivity contribution in [1.29, 1.82) is 0 Å². The maximum atomic E-state index is 12.3. The van der Waals surface area contributed by atoms with E-state index in [1.165, 1.54) is 0 Å². The van der Waals surface area contributed by atoms with Gasteiger partial charge < -0.3 is 9.47 Å². The van der Waals surface area contributed by atoms with Crippen LogP contribution in [0.25, 0.3) is 0 Å². The van der Waals surface area contributed by atoms with Gasteiger partial charge in [0.05, 0.1) is 23.5 Å². The zero-order valence-corrected chi connectivity index (χ0v) is 9.19. The molecule has 0 radical (unpaired) electrons. The number of epoxide rings is 1. The summed E-state index contributed by atoms with van der Waals surface area (Å²) in [4.78, 5) is 0. The van der Waals surface area contributed by atoms with Crippen molar-refractivity contribution in [3.63, 3.8) is 0 Å². The van der Waals surface area contributed by atoms with Crippen molar-refractivity contribution >= 4 is 10.2 Å². The van der Waals surface area contributed by atoms with Gasteiger partial charge in [-0.2, -0.15) is 0 Å². The van der Waals surface area contributed by atoms with Crippen LogP contribution >= 0.6 is 0 Å². The first-order valence-corrected chi connectivity index (χ1v) is 5.15. The zero-order valence-electron chi connectivity index (χ0n) is 7.19. The molecular formula is C7H14F2O2Si. The summed E-state index contributed by atoms with van der Waals surface area (Å²) < 4.78 is 34.6. The van der Waals surface area contributed by atoms with Crippen LogP contribution in [0.1, 0.15) is 12.8 Å². The van der Waals surface area contributed by atoms with E-state index < -0.39 is 5.55 Å². The van der Waals surface area contributed by atoms with E-state index in [1.807, 2.05) is 0 Å². The Kier molecular flexibility index (Phi) is 3.61. The minimum Gasteiger partial charge on any atom is -0.379 e. The van der Waals surface area contributed by atoms with Crippen molar-refractivity contribution < 1.29 is 18.3 Å². The lowest BCUT2D eigenvalue weighted by Crippen LogP contribution is -2.16. The predicted octanol–water partition coefficient (Wildman–Crippen LogP) is 0.140. The second-order valence-electron chi connectivity index (χ2n) is 3.20. The van der Waals surface area contributed by atoms with E-state index in [0.717, 1.165) is 6.61 Å². The lowest BCUT2D eigenvalue weighted by molar-refractivity contribution is 0.0588. The van der Waals surface area contributed by atoms with E-state index in [-0.39, 0.29) is 22.8 Å². The quantitative estimate of drug-likeness (QED) is 0.342. The van der Waals surface area contributed by atoms with Crippen LogP contribution in [0.3, 0.4) is 0 Å². The first-order valence-electron chi connectivity index (χ1n) is 4.15. The Morgan fingerprint density at radius 3 is 2.75 bits per heavy atom. The lowest BCUT2D eigenvalue weighted by Gasteiger charge is -2.09. The molecule has 0 aromatic carbocycles. The van der Waals surface area contributed by atoms with Crippen molar-refractivity contribution in [2.24, 2.45) is 0 Å². The third kappa shape index (κ3) is 5.62. The molecule has 1 atom stereocenters. The summed E-state index contributed by atoms with van der Waals surface area (Å²) in [6.45, 7) is 1.75. The molecule has 0 aromatic rings. The second kappa shape index (κ2) is 4.29. The maximum absolute atomic E-state index is 12.3. The van der Waals surface area contributed by atoms with E-state index in [0.29, 0.717) is 19.6 Å². The molecule has 0 aliphatic carbocycles. The molecule has 2 nitrogen and oxygen atoms in total. The van der Waals surface area contributed by atoms with Crippen LogP contribution in [-0.2, 0) is 9.47 Å². The summed E-state index contributed by atoms with van der Waals surface area (Å²) in [5, 5.41) is 0. The van der Waals surface area contributed by atoms with E-state index in [9.17, 15) is 8.78 Å².